The number of hydrogen-bond acceptors (Lipinski definition) is 7. The summed E-state index contributed by atoms with van der Waals surface area (Å²) in [6.45, 7) is 0.891. The molecule has 0 saturated carbocycles. The molecule has 2 aromatic rings. The Kier molecular flexibility index (Phi) is 5.63. The average molecular weight is 409 g/mol. The van der Waals surface area contributed by atoms with Crippen LogP contribution in [0, 0.1) is 5.82 Å². The number of amides is 1. The largest absolute Gasteiger partial charge is 0.465 e. The predicted molar refractivity (Wildman–Crippen MR) is 101 cm³/mol. The maximum Gasteiger partial charge on any atom is 0.407 e. The fourth-order valence-corrected chi connectivity index (χ4v) is 3.53. The molecule has 1 aromatic heterocycles. The number of hydrogen-bond donors (Lipinski definition) is 3. The van der Waals surface area contributed by atoms with Gasteiger partial charge in [0.25, 0.3) is 0 Å². The van der Waals surface area contributed by atoms with Crippen molar-refractivity contribution in [3.63, 3.8) is 0 Å². The van der Waals surface area contributed by atoms with Crippen molar-refractivity contribution in [1.29, 1.82) is 0 Å². The van der Waals surface area contributed by atoms with E-state index in [0.29, 0.717) is 37.6 Å². The van der Waals surface area contributed by atoms with Gasteiger partial charge < -0.3 is 20.6 Å². The van der Waals surface area contributed by atoms with Gasteiger partial charge >= 0.3 is 6.09 Å². The number of halogens is 1. The summed E-state index contributed by atoms with van der Waals surface area (Å²) in [6, 6.07) is 5.28. The van der Waals surface area contributed by atoms with E-state index in [4.69, 9.17) is 5.11 Å². The second-order valence-electron chi connectivity index (χ2n) is 6.52. The molecule has 0 bridgehead atoms. The van der Waals surface area contributed by atoms with Crippen LogP contribution in [0.3, 0.4) is 0 Å². The Hall–Kier alpha value is -2.95. The van der Waals surface area contributed by atoms with Crippen LogP contribution < -0.4 is 10.6 Å². The Morgan fingerprint density at radius 1 is 1.21 bits per heavy atom. The van der Waals surface area contributed by atoms with E-state index in [2.05, 4.69) is 20.6 Å². The van der Waals surface area contributed by atoms with Gasteiger partial charge in [-0.05, 0) is 31.0 Å². The monoisotopic (exact) mass is 409 g/mol. The van der Waals surface area contributed by atoms with Gasteiger partial charge in [-0.1, -0.05) is 0 Å². The molecule has 0 radical (unpaired) electrons. The van der Waals surface area contributed by atoms with Crippen molar-refractivity contribution in [2.24, 2.45) is 0 Å². The lowest BCUT2D eigenvalue weighted by Crippen LogP contribution is -2.41. The van der Waals surface area contributed by atoms with Gasteiger partial charge in [-0.3, -0.25) is 0 Å². The lowest BCUT2D eigenvalue weighted by atomic mass is 10.1. The minimum Gasteiger partial charge on any atom is -0.465 e. The zero-order chi connectivity index (χ0) is 20.3. The number of nitrogens with one attached hydrogen (secondary N) is 2. The number of carboxylic acid groups (broad SMARTS) is 1. The fraction of sp³-hybridized carbons (Fsp3) is 0.353. The summed E-state index contributed by atoms with van der Waals surface area (Å²) in [5.41, 5.74) is 0.0896. The van der Waals surface area contributed by atoms with Gasteiger partial charge in [0.1, 0.15) is 23.8 Å². The first kappa shape index (κ1) is 19.8. The molecule has 1 saturated heterocycles. The Bertz CT molecular complexity index is 977. The van der Waals surface area contributed by atoms with Gasteiger partial charge in [-0.15, -0.1) is 0 Å². The van der Waals surface area contributed by atoms with Crippen molar-refractivity contribution in [3.8, 4) is 0 Å². The van der Waals surface area contributed by atoms with E-state index in [1.54, 1.807) is 6.07 Å². The molecule has 2 heterocycles. The Labute approximate surface area is 161 Å². The highest BCUT2D eigenvalue weighted by Gasteiger charge is 2.22. The second kappa shape index (κ2) is 7.97. The highest BCUT2D eigenvalue weighted by Crippen LogP contribution is 2.23. The normalized spacial score (nSPS) is 15.3. The van der Waals surface area contributed by atoms with Crippen LogP contribution in [0.25, 0.3) is 0 Å². The lowest BCUT2D eigenvalue weighted by Gasteiger charge is -2.30. The number of nitrogens with zero attached hydrogens (tertiary/aromatic N) is 3. The number of piperidine rings is 1. The second-order valence-corrected chi connectivity index (χ2v) is 8.53. The molecule has 1 aliphatic heterocycles. The molecule has 3 rings (SSSR count). The number of carbonyl (C=O) groups is 1. The standard InChI is InChI=1S/C17H20FN5O4S/c1-28(26,27)12-2-3-14(13(18)8-12)22-16-9-15(19-10-20-16)21-11-4-6-23(7-5-11)17(24)25/h2-3,8-11H,4-7H2,1H3,(H,24,25)(H2,19,20,21,22). The van der Waals surface area contributed by atoms with Crippen LogP contribution in [0.5, 0.6) is 0 Å². The molecular weight excluding hydrogens is 389 g/mol. The van der Waals surface area contributed by atoms with Gasteiger partial charge in [-0.25, -0.2) is 27.6 Å². The van der Waals surface area contributed by atoms with E-state index in [9.17, 15) is 17.6 Å². The summed E-state index contributed by atoms with van der Waals surface area (Å²) in [5.74, 6) is 0.156. The smallest absolute Gasteiger partial charge is 0.407 e. The summed E-state index contributed by atoms with van der Waals surface area (Å²) in [6.07, 6.45) is 2.72. The van der Waals surface area contributed by atoms with Crippen LogP contribution in [0.1, 0.15) is 12.8 Å². The van der Waals surface area contributed by atoms with Crippen LogP contribution in [0.15, 0.2) is 35.5 Å². The summed E-state index contributed by atoms with van der Waals surface area (Å²) in [4.78, 5) is 20.4. The van der Waals surface area contributed by atoms with E-state index < -0.39 is 21.7 Å². The van der Waals surface area contributed by atoms with Crippen molar-refractivity contribution < 1.29 is 22.7 Å². The molecule has 0 spiro atoms. The Morgan fingerprint density at radius 3 is 2.50 bits per heavy atom. The number of anilines is 3. The molecule has 9 nitrogen and oxygen atoms in total. The molecule has 11 heteroatoms. The number of aromatic nitrogens is 2. The number of likely N-dealkylation sites (tertiary alicyclic amines) is 1. The van der Waals surface area contributed by atoms with Gasteiger partial charge in [0.2, 0.25) is 0 Å². The minimum absolute atomic E-state index is 0.0733. The summed E-state index contributed by atoms with van der Waals surface area (Å²) >= 11 is 0. The third kappa shape index (κ3) is 4.85. The maximum absolute atomic E-state index is 14.2. The fourth-order valence-electron chi connectivity index (χ4n) is 2.89. The van der Waals surface area contributed by atoms with E-state index in [-0.39, 0.29) is 16.6 Å². The summed E-state index contributed by atoms with van der Waals surface area (Å²) < 4.78 is 37.2. The predicted octanol–water partition coefficient (Wildman–Crippen LogP) is 2.32. The number of sulfone groups is 1. The van der Waals surface area contributed by atoms with Gasteiger partial charge in [0.05, 0.1) is 10.6 Å². The minimum atomic E-state index is -3.49. The first-order valence-corrected chi connectivity index (χ1v) is 10.4. The molecule has 1 aromatic carbocycles. The number of benzene rings is 1. The zero-order valence-electron chi connectivity index (χ0n) is 15.1. The van der Waals surface area contributed by atoms with Crippen LogP contribution >= 0.6 is 0 Å². The molecule has 1 fully saturated rings. The Morgan fingerprint density at radius 2 is 1.89 bits per heavy atom. The molecule has 1 amide bonds. The molecular formula is C17H20FN5O4S. The lowest BCUT2D eigenvalue weighted by molar-refractivity contribution is 0.133. The Balaban J connectivity index is 1.66. The molecule has 150 valence electrons. The molecule has 1 aliphatic rings. The van der Waals surface area contributed by atoms with Crippen LogP contribution in [0.2, 0.25) is 0 Å². The average Bonchev–Trinajstić information content (AvgIpc) is 2.63. The van der Waals surface area contributed by atoms with E-state index >= 15 is 0 Å². The highest BCUT2D eigenvalue weighted by molar-refractivity contribution is 7.90. The van der Waals surface area contributed by atoms with Crippen molar-refractivity contribution in [2.45, 2.75) is 23.8 Å². The molecule has 28 heavy (non-hydrogen) atoms. The summed E-state index contributed by atoms with van der Waals surface area (Å²) in [7, 11) is -3.49. The topological polar surface area (TPSA) is 125 Å². The van der Waals surface area contributed by atoms with Crippen LogP contribution in [0.4, 0.5) is 26.5 Å². The third-order valence-corrected chi connectivity index (χ3v) is 5.53. The number of rotatable bonds is 5. The maximum atomic E-state index is 14.2. The van der Waals surface area contributed by atoms with Gasteiger partial charge in [-0.2, -0.15) is 0 Å². The quantitative estimate of drug-likeness (QED) is 0.687. The summed E-state index contributed by atoms with van der Waals surface area (Å²) in [5, 5.41) is 15.0. The third-order valence-electron chi connectivity index (χ3n) is 4.42. The molecule has 0 unspecified atom stereocenters. The van der Waals surface area contributed by atoms with E-state index in [1.165, 1.54) is 23.4 Å². The highest BCUT2D eigenvalue weighted by atomic mass is 32.2. The first-order valence-electron chi connectivity index (χ1n) is 8.55. The zero-order valence-corrected chi connectivity index (χ0v) is 15.9. The van der Waals surface area contributed by atoms with Crippen molar-refractivity contribution in [2.75, 3.05) is 30.0 Å². The van der Waals surface area contributed by atoms with E-state index in [1.807, 2.05) is 0 Å². The van der Waals surface area contributed by atoms with Crippen molar-refractivity contribution in [3.05, 3.63) is 36.4 Å². The molecule has 0 aliphatic carbocycles. The first-order chi connectivity index (χ1) is 13.2. The van der Waals surface area contributed by atoms with Gasteiger partial charge in [0.15, 0.2) is 9.84 Å². The van der Waals surface area contributed by atoms with Crippen LogP contribution in [-0.2, 0) is 9.84 Å². The van der Waals surface area contributed by atoms with Crippen molar-refractivity contribution >= 4 is 33.3 Å². The molecule has 0 atom stereocenters. The SMILES string of the molecule is CS(=O)(=O)c1ccc(Nc2cc(NC3CCN(C(=O)O)CC3)ncn2)c(F)c1. The van der Waals surface area contributed by atoms with Gasteiger partial charge in [0, 0.05) is 31.5 Å². The van der Waals surface area contributed by atoms with E-state index in [0.717, 1.165) is 12.3 Å². The van der Waals surface area contributed by atoms with Crippen LogP contribution in [-0.4, -0.2) is 59.9 Å². The molecule has 3 N–H and O–H groups in total. The van der Waals surface area contributed by atoms with Crippen molar-refractivity contribution in [1.82, 2.24) is 14.9 Å².